The van der Waals surface area contributed by atoms with E-state index in [1.165, 1.54) is 6.07 Å². The van der Waals surface area contributed by atoms with E-state index < -0.39 is 29.6 Å². The molecule has 0 spiro atoms. The van der Waals surface area contributed by atoms with Gasteiger partial charge in [-0.1, -0.05) is 35.9 Å². The second kappa shape index (κ2) is 7.38. The standard InChI is InChI=1S/C18H17F3N2O2/c1-11-4-2-5-12(8-11)9-15(16(22)24)23-17(25)13-6-3-7-14(10-13)18(19,20)21/h2-8,10,15H,9H2,1H3,(H2,22,24)(H,23,25)/t15-/m0/s1. The van der Waals surface area contributed by atoms with Crippen molar-refractivity contribution in [2.45, 2.75) is 25.6 Å². The van der Waals surface area contributed by atoms with Gasteiger partial charge in [-0.15, -0.1) is 0 Å². The summed E-state index contributed by atoms with van der Waals surface area (Å²) in [5.41, 5.74) is 5.95. The number of amides is 2. The molecule has 132 valence electrons. The largest absolute Gasteiger partial charge is 0.416 e. The summed E-state index contributed by atoms with van der Waals surface area (Å²) in [7, 11) is 0. The van der Waals surface area contributed by atoms with Crippen molar-refractivity contribution >= 4 is 11.8 Å². The zero-order valence-electron chi connectivity index (χ0n) is 13.4. The van der Waals surface area contributed by atoms with E-state index in [1.54, 1.807) is 12.1 Å². The maximum absolute atomic E-state index is 12.7. The molecule has 0 fully saturated rings. The maximum Gasteiger partial charge on any atom is 0.416 e. The summed E-state index contributed by atoms with van der Waals surface area (Å²) in [6.45, 7) is 1.88. The number of halogens is 3. The average molecular weight is 350 g/mol. The van der Waals surface area contributed by atoms with Crippen LogP contribution >= 0.6 is 0 Å². The third-order valence-electron chi connectivity index (χ3n) is 3.62. The third kappa shape index (κ3) is 5.07. The summed E-state index contributed by atoms with van der Waals surface area (Å²) in [5, 5.41) is 2.40. The lowest BCUT2D eigenvalue weighted by Crippen LogP contribution is -2.45. The Morgan fingerprint density at radius 2 is 1.80 bits per heavy atom. The molecule has 0 saturated carbocycles. The monoisotopic (exact) mass is 350 g/mol. The Labute approximate surface area is 142 Å². The first-order chi connectivity index (χ1) is 11.7. The fraction of sp³-hybridized carbons (Fsp3) is 0.222. The lowest BCUT2D eigenvalue weighted by Gasteiger charge is -2.16. The number of rotatable bonds is 5. The highest BCUT2D eigenvalue weighted by Crippen LogP contribution is 2.29. The summed E-state index contributed by atoms with van der Waals surface area (Å²) in [4.78, 5) is 23.8. The van der Waals surface area contributed by atoms with Gasteiger partial charge in [-0.25, -0.2) is 0 Å². The molecule has 0 heterocycles. The van der Waals surface area contributed by atoms with E-state index >= 15 is 0 Å². The molecule has 0 saturated heterocycles. The van der Waals surface area contributed by atoms with Crippen molar-refractivity contribution in [2.75, 3.05) is 0 Å². The first kappa shape index (κ1) is 18.5. The SMILES string of the molecule is Cc1cccc(C[C@H](NC(=O)c2cccc(C(F)(F)F)c2)C(N)=O)c1. The molecule has 0 aliphatic heterocycles. The molecule has 2 aromatic carbocycles. The molecule has 25 heavy (non-hydrogen) atoms. The summed E-state index contributed by atoms with van der Waals surface area (Å²) in [5.74, 6) is -1.55. The number of carbonyl (C=O) groups is 2. The van der Waals surface area contributed by atoms with Gasteiger partial charge in [-0.05, 0) is 30.7 Å². The van der Waals surface area contributed by atoms with E-state index in [0.717, 1.165) is 29.3 Å². The maximum atomic E-state index is 12.7. The normalized spacial score (nSPS) is 12.5. The van der Waals surface area contributed by atoms with E-state index in [2.05, 4.69) is 5.32 Å². The lowest BCUT2D eigenvalue weighted by atomic mass is 10.0. The zero-order valence-corrected chi connectivity index (χ0v) is 13.4. The molecule has 1 atom stereocenters. The molecule has 0 aliphatic rings. The van der Waals surface area contributed by atoms with Gasteiger partial charge in [0.2, 0.25) is 5.91 Å². The van der Waals surface area contributed by atoms with Crippen LogP contribution in [0.15, 0.2) is 48.5 Å². The first-order valence-corrected chi connectivity index (χ1v) is 7.50. The zero-order chi connectivity index (χ0) is 18.6. The minimum atomic E-state index is -4.55. The quantitative estimate of drug-likeness (QED) is 0.870. The van der Waals surface area contributed by atoms with E-state index in [0.29, 0.717) is 0 Å². The van der Waals surface area contributed by atoms with Gasteiger partial charge >= 0.3 is 6.18 Å². The molecule has 0 unspecified atom stereocenters. The van der Waals surface area contributed by atoms with Crippen LogP contribution in [0.5, 0.6) is 0 Å². The van der Waals surface area contributed by atoms with Crippen LogP contribution in [-0.4, -0.2) is 17.9 Å². The molecule has 4 nitrogen and oxygen atoms in total. The smallest absolute Gasteiger partial charge is 0.368 e. The van der Waals surface area contributed by atoms with Gasteiger partial charge < -0.3 is 11.1 Å². The number of nitrogens with two attached hydrogens (primary N) is 1. The number of primary amides is 1. The van der Waals surface area contributed by atoms with Crippen molar-refractivity contribution in [3.05, 3.63) is 70.8 Å². The van der Waals surface area contributed by atoms with E-state index in [9.17, 15) is 22.8 Å². The molecule has 0 aliphatic carbocycles. The van der Waals surface area contributed by atoms with Crippen LogP contribution in [-0.2, 0) is 17.4 Å². The fourth-order valence-electron chi connectivity index (χ4n) is 2.38. The van der Waals surface area contributed by atoms with Gasteiger partial charge in [-0.3, -0.25) is 9.59 Å². The highest BCUT2D eigenvalue weighted by atomic mass is 19.4. The van der Waals surface area contributed by atoms with Crippen molar-refractivity contribution in [3.63, 3.8) is 0 Å². The second-order valence-corrected chi connectivity index (χ2v) is 5.70. The topological polar surface area (TPSA) is 72.2 Å². The van der Waals surface area contributed by atoms with Crippen LogP contribution in [0.25, 0.3) is 0 Å². The number of hydrogen-bond donors (Lipinski definition) is 2. The van der Waals surface area contributed by atoms with Crippen molar-refractivity contribution in [2.24, 2.45) is 5.73 Å². The number of aryl methyl sites for hydroxylation is 1. The molecular weight excluding hydrogens is 333 g/mol. The minimum absolute atomic E-state index is 0.154. The number of benzene rings is 2. The number of hydrogen-bond acceptors (Lipinski definition) is 2. The van der Waals surface area contributed by atoms with E-state index in [4.69, 9.17) is 5.73 Å². The summed E-state index contributed by atoms with van der Waals surface area (Å²) in [6, 6.07) is 10.3. The Morgan fingerprint density at radius 1 is 1.12 bits per heavy atom. The van der Waals surface area contributed by atoms with Crippen LogP contribution in [0.4, 0.5) is 13.2 Å². The van der Waals surface area contributed by atoms with Crippen molar-refractivity contribution in [1.29, 1.82) is 0 Å². The van der Waals surface area contributed by atoms with Crippen LogP contribution in [0, 0.1) is 6.92 Å². The third-order valence-corrected chi connectivity index (χ3v) is 3.62. The highest BCUT2D eigenvalue weighted by Gasteiger charge is 2.31. The molecule has 0 aromatic heterocycles. The lowest BCUT2D eigenvalue weighted by molar-refractivity contribution is -0.137. The Hall–Kier alpha value is -2.83. The molecule has 7 heteroatoms. The fourth-order valence-corrected chi connectivity index (χ4v) is 2.38. The molecule has 0 bridgehead atoms. The Kier molecular flexibility index (Phi) is 5.46. The number of alkyl halides is 3. The Morgan fingerprint density at radius 3 is 2.40 bits per heavy atom. The van der Waals surface area contributed by atoms with E-state index in [1.807, 2.05) is 19.1 Å². The van der Waals surface area contributed by atoms with Gasteiger partial charge in [0.1, 0.15) is 6.04 Å². The molecule has 3 N–H and O–H groups in total. The number of nitrogens with one attached hydrogen (secondary N) is 1. The minimum Gasteiger partial charge on any atom is -0.368 e. The van der Waals surface area contributed by atoms with Gasteiger partial charge in [0.15, 0.2) is 0 Å². The van der Waals surface area contributed by atoms with Crippen molar-refractivity contribution in [1.82, 2.24) is 5.32 Å². The summed E-state index contributed by atoms with van der Waals surface area (Å²) < 4.78 is 38.2. The Balaban J connectivity index is 2.17. The molecule has 2 aromatic rings. The summed E-state index contributed by atoms with van der Waals surface area (Å²) >= 11 is 0. The van der Waals surface area contributed by atoms with Crippen molar-refractivity contribution < 1.29 is 22.8 Å². The van der Waals surface area contributed by atoms with Gasteiger partial charge in [-0.2, -0.15) is 13.2 Å². The van der Waals surface area contributed by atoms with Gasteiger partial charge in [0, 0.05) is 12.0 Å². The second-order valence-electron chi connectivity index (χ2n) is 5.70. The first-order valence-electron chi connectivity index (χ1n) is 7.50. The van der Waals surface area contributed by atoms with Crippen LogP contribution in [0.2, 0.25) is 0 Å². The van der Waals surface area contributed by atoms with E-state index in [-0.39, 0.29) is 12.0 Å². The molecule has 0 radical (unpaired) electrons. The number of carbonyl (C=O) groups excluding carboxylic acids is 2. The van der Waals surface area contributed by atoms with Gasteiger partial charge in [0.25, 0.3) is 5.91 Å². The molecule has 2 rings (SSSR count). The molecular formula is C18H17F3N2O2. The summed E-state index contributed by atoms with van der Waals surface area (Å²) in [6.07, 6.45) is -4.40. The predicted octanol–water partition coefficient (Wildman–Crippen LogP) is 2.84. The van der Waals surface area contributed by atoms with Crippen LogP contribution in [0.1, 0.15) is 27.0 Å². The predicted molar refractivity (Wildman–Crippen MR) is 86.8 cm³/mol. The van der Waals surface area contributed by atoms with Crippen LogP contribution in [0.3, 0.4) is 0 Å². The van der Waals surface area contributed by atoms with Crippen molar-refractivity contribution in [3.8, 4) is 0 Å². The van der Waals surface area contributed by atoms with Crippen LogP contribution < -0.4 is 11.1 Å². The van der Waals surface area contributed by atoms with Gasteiger partial charge in [0.05, 0.1) is 5.56 Å². The highest BCUT2D eigenvalue weighted by molar-refractivity contribution is 5.97. The Bertz CT molecular complexity index is 788. The average Bonchev–Trinajstić information content (AvgIpc) is 2.53. The molecule has 2 amide bonds.